The summed E-state index contributed by atoms with van der Waals surface area (Å²) in [5.41, 5.74) is -0.700. The van der Waals surface area contributed by atoms with E-state index in [9.17, 15) is 22.4 Å². The molecular weight excluding hydrogens is 260 g/mol. The molecule has 1 aromatic rings. The van der Waals surface area contributed by atoms with E-state index in [1.807, 2.05) is 0 Å². The molecule has 7 heteroatoms. The lowest BCUT2D eigenvalue weighted by molar-refractivity contribution is -0.128. The van der Waals surface area contributed by atoms with Crippen LogP contribution in [0.15, 0.2) is 4.90 Å². The summed E-state index contributed by atoms with van der Waals surface area (Å²) in [7, 11) is 0. The molecule has 2 nitrogen and oxygen atoms in total. The minimum absolute atomic E-state index is 0.00544. The molecule has 0 atom stereocenters. The lowest BCUT2D eigenvalue weighted by Gasteiger charge is -2.08. The van der Waals surface area contributed by atoms with Crippen molar-refractivity contribution in [2.24, 2.45) is 0 Å². The normalized spacial score (nSPS) is 10.4. The van der Waals surface area contributed by atoms with E-state index < -0.39 is 33.7 Å². The molecule has 0 saturated carbocycles. The molecular formula is C10H8F4O2S. The first kappa shape index (κ1) is 13.8. The Kier molecular flexibility index (Phi) is 4.80. The first-order chi connectivity index (χ1) is 8.00. The molecule has 0 aliphatic rings. The number of benzene rings is 1. The number of carbonyl (C=O) groups is 1. The summed E-state index contributed by atoms with van der Waals surface area (Å²) in [6.45, 7) is 1.01. The minimum Gasteiger partial charge on any atom is -0.467 e. The van der Waals surface area contributed by atoms with E-state index in [-0.39, 0.29) is 18.8 Å². The zero-order chi connectivity index (χ0) is 13.0. The van der Waals surface area contributed by atoms with Crippen LogP contribution in [-0.2, 0) is 9.53 Å². The summed E-state index contributed by atoms with van der Waals surface area (Å²) in [6.07, 6.45) is 0. The zero-order valence-corrected chi connectivity index (χ0v) is 9.54. The molecule has 1 rings (SSSR count). The SMILES string of the molecule is Cc1c(F)c(F)c(SCCOC=O)c(F)c1F. The Morgan fingerprint density at radius 3 is 2.12 bits per heavy atom. The van der Waals surface area contributed by atoms with Gasteiger partial charge >= 0.3 is 0 Å². The number of hydrogen-bond acceptors (Lipinski definition) is 3. The number of rotatable bonds is 5. The van der Waals surface area contributed by atoms with Crippen LogP contribution < -0.4 is 0 Å². The fraction of sp³-hybridized carbons (Fsp3) is 0.300. The highest BCUT2D eigenvalue weighted by atomic mass is 32.2. The summed E-state index contributed by atoms with van der Waals surface area (Å²) >= 11 is 0.537. The average Bonchev–Trinajstić information content (AvgIpc) is 2.33. The highest BCUT2D eigenvalue weighted by Crippen LogP contribution is 2.30. The van der Waals surface area contributed by atoms with Crippen LogP contribution in [0.2, 0.25) is 0 Å². The molecule has 1 aromatic carbocycles. The van der Waals surface area contributed by atoms with Crippen molar-refractivity contribution >= 4 is 18.2 Å². The predicted octanol–water partition coefficient (Wildman–Crippen LogP) is 2.82. The third-order valence-corrected chi connectivity index (χ3v) is 2.98. The third kappa shape index (κ3) is 2.91. The smallest absolute Gasteiger partial charge is 0.293 e. The predicted molar refractivity (Wildman–Crippen MR) is 53.8 cm³/mol. The van der Waals surface area contributed by atoms with Gasteiger partial charge in [0.05, 0.1) is 4.90 Å². The Morgan fingerprint density at radius 2 is 1.65 bits per heavy atom. The van der Waals surface area contributed by atoms with Crippen molar-refractivity contribution in [1.82, 2.24) is 0 Å². The minimum atomic E-state index is -1.43. The van der Waals surface area contributed by atoms with Gasteiger partial charge in [-0.2, -0.15) is 0 Å². The number of thioether (sulfide) groups is 1. The van der Waals surface area contributed by atoms with Crippen LogP contribution in [0.5, 0.6) is 0 Å². The number of carbonyl (C=O) groups excluding carboxylic acids is 1. The van der Waals surface area contributed by atoms with Crippen LogP contribution in [0.1, 0.15) is 5.56 Å². The van der Waals surface area contributed by atoms with Crippen LogP contribution in [0.4, 0.5) is 17.6 Å². The molecule has 0 amide bonds. The molecule has 0 aliphatic heterocycles. The summed E-state index contributed by atoms with van der Waals surface area (Å²) in [5, 5.41) is 0. The summed E-state index contributed by atoms with van der Waals surface area (Å²) < 4.78 is 57.1. The van der Waals surface area contributed by atoms with Gasteiger partial charge in [-0.05, 0) is 6.92 Å². The Bertz CT molecular complexity index is 408. The van der Waals surface area contributed by atoms with Crippen molar-refractivity contribution < 1.29 is 27.1 Å². The largest absolute Gasteiger partial charge is 0.467 e. The number of ether oxygens (including phenoxy) is 1. The number of hydrogen-bond donors (Lipinski definition) is 0. The van der Waals surface area contributed by atoms with Crippen molar-refractivity contribution in [3.8, 4) is 0 Å². The van der Waals surface area contributed by atoms with E-state index in [1.165, 1.54) is 0 Å². The molecule has 0 saturated heterocycles. The van der Waals surface area contributed by atoms with Gasteiger partial charge in [-0.15, -0.1) is 11.8 Å². The van der Waals surface area contributed by atoms with Gasteiger partial charge in [-0.3, -0.25) is 4.79 Å². The van der Waals surface area contributed by atoms with Crippen molar-refractivity contribution in [2.75, 3.05) is 12.4 Å². The highest BCUT2D eigenvalue weighted by Gasteiger charge is 2.23. The Hall–Kier alpha value is -1.24. The van der Waals surface area contributed by atoms with Gasteiger partial charge < -0.3 is 4.74 Å². The summed E-state index contributed by atoms with van der Waals surface area (Å²) in [4.78, 5) is 9.05. The topological polar surface area (TPSA) is 26.3 Å². The van der Waals surface area contributed by atoms with Gasteiger partial charge in [0, 0.05) is 11.3 Å². The molecule has 0 aliphatic carbocycles. The fourth-order valence-electron chi connectivity index (χ4n) is 1.09. The Morgan fingerprint density at radius 1 is 1.12 bits per heavy atom. The van der Waals surface area contributed by atoms with E-state index in [2.05, 4.69) is 4.74 Å². The average molecular weight is 268 g/mol. The van der Waals surface area contributed by atoms with Gasteiger partial charge in [-0.1, -0.05) is 0 Å². The van der Waals surface area contributed by atoms with E-state index in [0.717, 1.165) is 6.92 Å². The van der Waals surface area contributed by atoms with E-state index in [0.29, 0.717) is 11.8 Å². The Balaban J connectivity index is 2.95. The van der Waals surface area contributed by atoms with E-state index >= 15 is 0 Å². The van der Waals surface area contributed by atoms with Gasteiger partial charge in [0.15, 0.2) is 23.3 Å². The lowest BCUT2D eigenvalue weighted by atomic mass is 10.2. The molecule has 0 N–H and O–H groups in total. The van der Waals surface area contributed by atoms with Gasteiger partial charge in [0.1, 0.15) is 6.61 Å². The van der Waals surface area contributed by atoms with Crippen molar-refractivity contribution in [1.29, 1.82) is 0 Å². The van der Waals surface area contributed by atoms with Gasteiger partial charge in [-0.25, -0.2) is 17.6 Å². The van der Waals surface area contributed by atoms with E-state index in [4.69, 9.17) is 0 Å². The molecule has 0 fully saturated rings. The first-order valence-electron chi connectivity index (χ1n) is 4.51. The zero-order valence-electron chi connectivity index (χ0n) is 8.73. The van der Waals surface area contributed by atoms with Crippen molar-refractivity contribution in [2.45, 2.75) is 11.8 Å². The maximum Gasteiger partial charge on any atom is 0.293 e. The van der Waals surface area contributed by atoms with Gasteiger partial charge in [0.2, 0.25) is 0 Å². The third-order valence-electron chi connectivity index (χ3n) is 1.96. The summed E-state index contributed by atoms with van der Waals surface area (Å²) in [6, 6.07) is 0. The molecule has 0 heterocycles. The Labute approximate surface area is 99.0 Å². The monoisotopic (exact) mass is 268 g/mol. The molecule has 94 valence electrons. The van der Waals surface area contributed by atoms with Gasteiger partial charge in [0.25, 0.3) is 6.47 Å². The first-order valence-corrected chi connectivity index (χ1v) is 5.49. The van der Waals surface area contributed by atoms with Crippen LogP contribution in [0.25, 0.3) is 0 Å². The summed E-state index contributed by atoms with van der Waals surface area (Å²) in [5.74, 6) is -5.70. The van der Waals surface area contributed by atoms with Crippen LogP contribution in [0, 0.1) is 30.2 Å². The van der Waals surface area contributed by atoms with E-state index in [1.54, 1.807) is 0 Å². The second-order valence-electron chi connectivity index (χ2n) is 3.03. The van der Waals surface area contributed by atoms with Crippen molar-refractivity contribution in [3.05, 3.63) is 28.8 Å². The maximum atomic E-state index is 13.3. The molecule has 0 radical (unpaired) electrons. The van der Waals surface area contributed by atoms with Crippen LogP contribution in [-0.4, -0.2) is 18.8 Å². The van der Waals surface area contributed by atoms with Crippen LogP contribution in [0.3, 0.4) is 0 Å². The molecule has 0 unspecified atom stereocenters. The van der Waals surface area contributed by atoms with Crippen molar-refractivity contribution in [3.63, 3.8) is 0 Å². The second-order valence-corrected chi connectivity index (χ2v) is 4.13. The lowest BCUT2D eigenvalue weighted by Crippen LogP contribution is -2.04. The highest BCUT2D eigenvalue weighted by molar-refractivity contribution is 7.99. The molecule has 0 aromatic heterocycles. The van der Waals surface area contributed by atoms with Crippen LogP contribution >= 0.6 is 11.8 Å². The maximum absolute atomic E-state index is 13.3. The molecule has 0 spiro atoms. The second kappa shape index (κ2) is 5.90. The molecule has 17 heavy (non-hydrogen) atoms. The fourth-order valence-corrected chi connectivity index (χ4v) is 1.90. The quantitative estimate of drug-likeness (QED) is 0.270. The molecule has 0 bridgehead atoms. The number of halogens is 4. The standard InChI is InChI=1S/C10H8F4O2S/c1-5-6(11)8(13)10(9(14)7(5)12)17-3-2-16-4-15/h4H,2-3H2,1H3.